The fraction of sp³-hybridized carbons (Fsp3) is 0.750. The molecule has 0 spiro atoms. The third-order valence-corrected chi connectivity index (χ3v) is 2.47. The maximum Gasteiger partial charge on any atom is 0.436 e. The molecule has 0 atom stereocenters. The van der Waals surface area contributed by atoms with Crippen LogP contribution in [-0.2, 0) is 12.7 Å². The number of halogens is 3. The van der Waals surface area contributed by atoms with Crippen molar-refractivity contribution >= 4 is 0 Å². The molecule has 0 radical (unpaired) electrons. The van der Waals surface area contributed by atoms with Crippen LogP contribution in [0.3, 0.4) is 0 Å². The number of alkyl halides is 3. The number of hydrogen-bond acceptors (Lipinski definition) is 2. The van der Waals surface area contributed by atoms with Crippen molar-refractivity contribution in [2.45, 2.75) is 32.0 Å². The minimum absolute atomic E-state index is 0.462. The Morgan fingerprint density at radius 1 is 1.43 bits per heavy atom. The lowest BCUT2D eigenvalue weighted by atomic mass is 9.86. The highest BCUT2D eigenvalue weighted by Gasteiger charge is 2.34. The summed E-state index contributed by atoms with van der Waals surface area (Å²) in [5.74, 6) is 0.462. The molecule has 14 heavy (non-hydrogen) atoms. The summed E-state index contributed by atoms with van der Waals surface area (Å²) in [7, 11) is 0. The molecule has 1 heterocycles. The summed E-state index contributed by atoms with van der Waals surface area (Å²) in [4.78, 5) is 1.15. The first-order valence-corrected chi connectivity index (χ1v) is 4.53. The fourth-order valence-electron chi connectivity index (χ4n) is 1.42. The molecule has 1 aromatic rings. The van der Waals surface area contributed by atoms with Gasteiger partial charge in [-0.05, 0) is 18.8 Å². The zero-order valence-corrected chi connectivity index (χ0v) is 7.46. The molecular weight excluding hydrogens is 195 g/mol. The van der Waals surface area contributed by atoms with Crippen molar-refractivity contribution in [3.05, 3.63) is 11.9 Å². The summed E-state index contributed by atoms with van der Waals surface area (Å²) in [5, 5.41) is 6.97. The molecule has 0 aromatic carbocycles. The molecule has 6 heteroatoms. The average Bonchev–Trinajstić information content (AvgIpc) is 2.43. The van der Waals surface area contributed by atoms with Crippen LogP contribution in [0.5, 0.6) is 0 Å². The highest BCUT2D eigenvalue weighted by atomic mass is 19.4. The van der Waals surface area contributed by atoms with Gasteiger partial charge in [-0.15, -0.1) is 5.10 Å². The monoisotopic (exact) mass is 205 g/mol. The second-order valence-electron chi connectivity index (χ2n) is 3.58. The van der Waals surface area contributed by atoms with Crippen LogP contribution in [0.1, 0.15) is 25.0 Å². The van der Waals surface area contributed by atoms with Gasteiger partial charge in [-0.1, -0.05) is 6.42 Å². The van der Waals surface area contributed by atoms with E-state index in [2.05, 4.69) is 10.2 Å². The molecule has 1 aliphatic rings. The van der Waals surface area contributed by atoms with Crippen molar-refractivity contribution in [1.29, 1.82) is 0 Å². The van der Waals surface area contributed by atoms with Gasteiger partial charge < -0.3 is 0 Å². The molecule has 1 saturated carbocycles. The maximum absolute atomic E-state index is 12.1. The summed E-state index contributed by atoms with van der Waals surface area (Å²) in [5.41, 5.74) is -0.906. The van der Waals surface area contributed by atoms with Crippen molar-refractivity contribution in [1.82, 2.24) is 15.0 Å². The Labute approximate surface area is 78.9 Å². The summed E-state index contributed by atoms with van der Waals surface area (Å²) in [6.07, 6.45) is -0.291. The molecule has 0 aliphatic heterocycles. The Bertz CT molecular complexity index is 314. The van der Waals surface area contributed by atoms with E-state index in [1.54, 1.807) is 0 Å². The van der Waals surface area contributed by atoms with E-state index in [9.17, 15) is 13.2 Å². The van der Waals surface area contributed by atoms with Crippen molar-refractivity contribution in [3.63, 3.8) is 0 Å². The topological polar surface area (TPSA) is 30.7 Å². The van der Waals surface area contributed by atoms with Crippen LogP contribution < -0.4 is 0 Å². The second kappa shape index (κ2) is 3.25. The van der Waals surface area contributed by atoms with E-state index >= 15 is 0 Å². The van der Waals surface area contributed by atoms with Crippen molar-refractivity contribution in [3.8, 4) is 0 Å². The van der Waals surface area contributed by atoms with Gasteiger partial charge in [0.25, 0.3) is 0 Å². The number of hydrogen-bond donors (Lipinski definition) is 0. The van der Waals surface area contributed by atoms with E-state index in [0.717, 1.165) is 30.3 Å². The third-order valence-electron chi connectivity index (χ3n) is 2.47. The van der Waals surface area contributed by atoms with E-state index in [1.165, 1.54) is 0 Å². The van der Waals surface area contributed by atoms with E-state index in [1.807, 2.05) is 0 Å². The lowest BCUT2D eigenvalue weighted by molar-refractivity contribution is -0.141. The Balaban J connectivity index is 2.02. The molecule has 78 valence electrons. The van der Waals surface area contributed by atoms with Crippen molar-refractivity contribution in [2.75, 3.05) is 0 Å². The van der Waals surface area contributed by atoms with Crippen molar-refractivity contribution < 1.29 is 13.2 Å². The van der Waals surface area contributed by atoms with Crippen molar-refractivity contribution in [2.24, 2.45) is 5.92 Å². The SMILES string of the molecule is FC(F)(F)c1cnn(CC2CCC2)n1. The summed E-state index contributed by atoms with van der Waals surface area (Å²) in [6.45, 7) is 0.510. The smallest absolute Gasteiger partial charge is 0.184 e. The predicted molar refractivity (Wildman–Crippen MR) is 42.4 cm³/mol. The predicted octanol–water partition coefficient (Wildman–Crippen LogP) is 2.10. The van der Waals surface area contributed by atoms with Gasteiger partial charge in [0.15, 0.2) is 5.69 Å². The molecule has 0 bridgehead atoms. The Morgan fingerprint density at radius 3 is 2.57 bits per heavy atom. The molecule has 0 unspecified atom stereocenters. The lowest BCUT2D eigenvalue weighted by Crippen LogP contribution is -2.20. The first-order chi connectivity index (χ1) is 6.55. The summed E-state index contributed by atoms with van der Waals surface area (Å²) in [6, 6.07) is 0. The van der Waals surface area contributed by atoms with E-state index in [0.29, 0.717) is 12.5 Å². The molecule has 0 amide bonds. The molecule has 1 aliphatic carbocycles. The largest absolute Gasteiger partial charge is 0.436 e. The van der Waals surface area contributed by atoms with Gasteiger partial charge in [0.2, 0.25) is 0 Å². The van der Waals surface area contributed by atoms with Gasteiger partial charge >= 0.3 is 6.18 Å². The van der Waals surface area contributed by atoms with Gasteiger partial charge in [-0.3, -0.25) is 0 Å². The normalized spacial score (nSPS) is 18.2. The van der Waals surface area contributed by atoms with Gasteiger partial charge in [-0.2, -0.15) is 23.1 Å². The molecule has 1 fully saturated rings. The minimum atomic E-state index is -4.38. The average molecular weight is 205 g/mol. The Hall–Kier alpha value is -1.07. The van der Waals surface area contributed by atoms with Crippen LogP contribution in [0, 0.1) is 5.92 Å². The molecule has 0 N–H and O–H groups in total. The van der Waals surface area contributed by atoms with Crippen LogP contribution in [-0.4, -0.2) is 15.0 Å². The van der Waals surface area contributed by atoms with Gasteiger partial charge in [0, 0.05) is 0 Å². The molecule has 0 saturated heterocycles. The highest BCUT2D eigenvalue weighted by molar-refractivity contribution is 4.96. The molecule has 1 aromatic heterocycles. The summed E-state index contributed by atoms with van der Waals surface area (Å²) >= 11 is 0. The molecule has 3 nitrogen and oxygen atoms in total. The van der Waals surface area contributed by atoms with Gasteiger partial charge in [0.05, 0.1) is 12.7 Å². The standard InChI is InChI=1S/C8H10F3N3/c9-8(10,11)7-4-12-14(13-7)5-6-2-1-3-6/h4,6H,1-3,5H2. The second-order valence-corrected chi connectivity index (χ2v) is 3.58. The zero-order valence-electron chi connectivity index (χ0n) is 7.46. The van der Waals surface area contributed by atoms with Crippen LogP contribution in [0.15, 0.2) is 6.20 Å². The zero-order chi connectivity index (χ0) is 10.2. The molecule has 2 rings (SSSR count). The summed E-state index contributed by atoms with van der Waals surface area (Å²) < 4.78 is 36.4. The fourth-order valence-corrected chi connectivity index (χ4v) is 1.42. The Morgan fingerprint density at radius 2 is 2.14 bits per heavy atom. The first-order valence-electron chi connectivity index (χ1n) is 4.53. The number of aromatic nitrogens is 3. The van der Waals surface area contributed by atoms with Gasteiger partial charge in [0.1, 0.15) is 0 Å². The lowest BCUT2D eigenvalue weighted by Gasteiger charge is -2.24. The van der Waals surface area contributed by atoms with Crippen LogP contribution in [0.25, 0.3) is 0 Å². The Kier molecular flexibility index (Phi) is 2.20. The number of rotatable bonds is 2. The van der Waals surface area contributed by atoms with E-state index in [-0.39, 0.29) is 0 Å². The van der Waals surface area contributed by atoms with Gasteiger partial charge in [-0.25, -0.2) is 0 Å². The third kappa shape index (κ3) is 1.88. The van der Waals surface area contributed by atoms with Crippen LogP contribution in [0.4, 0.5) is 13.2 Å². The number of nitrogens with zero attached hydrogens (tertiary/aromatic N) is 3. The molecular formula is C8H10F3N3. The first kappa shape index (κ1) is 9.48. The highest BCUT2D eigenvalue weighted by Crippen LogP contribution is 2.29. The quantitative estimate of drug-likeness (QED) is 0.740. The maximum atomic E-state index is 12.1. The van der Waals surface area contributed by atoms with Crippen LogP contribution in [0.2, 0.25) is 0 Å². The minimum Gasteiger partial charge on any atom is -0.184 e. The van der Waals surface area contributed by atoms with Crippen LogP contribution >= 0.6 is 0 Å². The van der Waals surface area contributed by atoms with E-state index in [4.69, 9.17) is 0 Å². The van der Waals surface area contributed by atoms with E-state index < -0.39 is 11.9 Å².